The van der Waals surface area contributed by atoms with Gasteiger partial charge in [0.1, 0.15) is 0 Å². The number of nitro benzene ring substituents is 1. The molecular weight excluding hydrogens is 336 g/mol. The van der Waals surface area contributed by atoms with Crippen LogP contribution in [0.5, 0.6) is 0 Å². The fourth-order valence-corrected chi connectivity index (χ4v) is 2.37. The van der Waals surface area contributed by atoms with Crippen LogP contribution in [0.1, 0.15) is 21.5 Å². The second-order valence-electron chi connectivity index (χ2n) is 4.57. The maximum Gasteiger partial charge on any atom is 0.274 e. The standard InChI is InChI=1S/C15H13BrN2O3/c1-9-11(5-3-6-12(9)16)15(19)17-13-7-4-8-14(10(13)2)18(20)21/h3-8H,1-2H3,(H,17,19). The van der Waals surface area contributed by atoms with Gasteiger partial charge in [0.25, 0.3) is 11.6 Å². The Labute approximate surface area is 130 Å². The maximum absolute atomic E-state index is 12.3. The zero-order valence-electron chi connectivity index (χ0n) is 11.5. The van der Waals surface area contributed by atoms with Crippen molar-refractivity contribution in [3.05, 3.63) is 67.7 Å². The third-order valence-electron chi connectivity index (χ3n) is 3.26. The van der Waals surface area contributed by atoms with Gasteiger partial charge in [-0.3, -0.25) is 14.9 Å². The molecule has 2 aromatic carbocycles. The van der Waals surface area contributed by atoms with Crippen LogP contribution >= 0.6 is 15.9 Å². The predicted molar refractivity (Wildman–Crippen MR) is 84.7 cm³/mol. The first kappa shape index (κ1) is 15.2. The number of carbonyl (C=O) groups is 1. The minimum Gasteiger partial charge on any atom is -0.321 e. The Bertz CT molecular complexity index is 729. The fourth-order valence-electron chi connectivity index (χ4n) is 2.00. The molecule has 21 heavy (non-hydrogen) atoms. The average Bonchev–Trinajstić information content (AvgIpc) is 2.43. The summed E-state index contributed by atoms with van der Waals surface area (Å²) in [6, 6.07) is 9.94. The van der Waals surface area contributed by atoms with Crippen LogP contribution in [0.25, 0.3) is 0 Å². The Morgan fingerprint density at radius 3 is 2.48 bits per heavy atom. The predicted octanol–water partition coefficient (Wildman–Crippen LogP) is 4.23. The lowest BCUT2D eigenvalue weighted by Gasteiger charge is -2.11. The van der Waals surface area contributed by atoms with Crippen LogP contribution in [-0.2, 0) is 0 Å². The van der Waals surface area contributed by atoms with Gasteiger partial charge in [0, 0.05) is 16.1 Å². The van der Waals surface area contributed by atoms with Gasteiger partial charge in [-0.2, -0.15) is 0 Å². The Balaban J connectivity index is 2.34. The fraction of sp³-hybridized carbons (Fsp3) is 0.133. The van der Waals surface area contributed by atoms with Gasteiger partial charge in [0.05, 0.1) is 16.2 Å². The largest absolute Gasteiger partial charge is 0.321 e. The third-order valence-corrected chi connectivity index (χ3v) is 4.12. The highest BCUT2D eigenvalue weighted by atomic mass is 79.9. The molecule has 0 bridgehead atoms. The van der Waals surface area contributed by atoms with Crippen molar-refractivity contribution in [3.8, 4) is 0 Å². The van der Waals surface area contributed by atoms with E-state index in [4.69, 9.17) is 0 Å². The molecule has 0 fully saturated rings. The zero-order chi connectivity index (χ0) is 15.6. The summed E-state index contributed by atoms with van der Waals surface area (Å²) in [5, 5.41) is 13.6. The van der Waals surface area contributed by atoms with Crippen molar-refractivity contribution in [1.29, 1.82) is 0 Å². The molecule has 6 heteroatoms. The monoisotopic (exact) mass is 348 g/mol. The number of carbonyl (C=O) groups excluding carboxylic acids is 1. The number of anilines is 1. The summed E-state index contributed by atoms with van der Waals surface area (Å²) in [6.07, 6.45) is 0. The normalized spacial score (nSPS) is 10.2. The van der Waals surface area contributed by atoms with Crippen LogP contribution in [-0.4, -0.2) is 10.8 Å². The quantitative estimate of drug-likeness (QED) is 0.666. The number of nitro groups is 1. The number of amides is 1. The van der Waals surface area contributed by atoms with Gasteiger partial charge in [-0.05, 0) is 37.6 Å². The summed E-state index contributed by atoms with van der Waals surface area (Å²) >= 11 is 3.38. The molecule has 2 aromatic rings. The molecule has 0 heterocycles. The highest BCUT2D eigenvalue weighted by molar-refractivity contribution is 9.10. The van der Waals surface area contributed by atoms with Crippen molar-refractivity contribution in [2.45, 2.75) is 13.8 Å². The number of nitrogens with zero attached hydrogens (tertiary/aromatic N) is 1. The Hall–Kier alpha value is -2.21. The zero-order valence-corrected chi connectivity index (χ0v) is 13.1. The average molecular weight is 349 g/mol. The summed E-state index contributed by atoms with van der Waals surface area (Å²) in [5.74, 6) is -0.294. The van der Waals surface area contributed by atoms with E-state index in [9.17, 15) is 14.9 Å². The topological polar surface area (TPSA) is 72.2 Å². The first-order valence-electron chi connectivity index (χ1n) is 6.22. The van der Waals surface area contributed by atoms with Gasteiger partial charge in [0.15, 0.2) is 0 Å². The van der Waals surface area contributed by atoms with Gasteiger partial charge < -0.3 is 5.32 Å². The lowest BCUT2D eigenvalue weighted by Crippen LogP contribution is -2.14. The number of nitrogens with one attached hydrogen (secondary N) is 1. The van der Waals surface area contributed by atoms with Crippen molar-refractivity contribution in [1.82, 2.24) is 0 Å². The van der Waals surface area contributed by atoms with Crippen LogP contribution in [0.3, 0.4) is 0 Å². The van der Waals surface area contributed by atoms with Crippen LogP contribution in [0, 0.1) is 24.0 Å². The molecule has 0 atom stereocenters. The second-order valence-corrected chi connectivity index (χ2v) is 5.43. The lowest BCUT2D eigenvalue weighted by atomic mass is 10.1. The van der Waals surface area contributed by atoms with Crippen molar-refractivity contribution >= 4 is 33.2 Å². The first-order valence-corrected chi connectivity index (χ1v) is 7.01. The summed E-state index contributed by atoms with van der Waals surface area (Å²) in [6.45, 7) is 3.45. The molecule has 0 unspecified atom stereocenters. The van der Waals surface area contributed by atoms with Crippen LogP contribution in [0.4, 0.5) is 11.4 Å². The molecule has 0 aromatic heterocycles. The summed E-state index contributed by atoms with van der Waals surface area (Å²) in [5.41, 5.74) is 2.20. The Morgan fingerprint density at radius 1 is 1.14 bits per heavy atom. The van der Waals surface area contributed by atoms with Gasteiger partial charge >= 0.3 is 0 Å². The summed E-state index contributed by atoms with van der Waals surface area (Å²) in [4.78, 5) is 22.8. The number of benzene rings is 2. The van der Waals surface area contributed by atoms with Crippen LogP contribution in [0.15, 0.2) is 40.9 Å². The van der Waals surface area contributed by atoms with E-state index in [1.54, 1.807) is 31.2 Å². The summed E-state index contributed by atoms with van der Waals surface area (Å²) in [7, 11) is 0. The van der Waals surface area contributed by atoms with Gasteiger partial charge in [0.2, 0.25) is 0 Å². The highest BCUT2D eigenvalue weighted by Gasteiger charge is 2.16. The molecule has 1 amide bonds. The molecule has 0 aliphatic carbocycles. The number of rotatable bonds is 3. The van der Waals surface area contributed by atoms with Crippen LogP contribution in [0.2, 0.25) is 0 Å². The van der Waals surface area contributed by atoms with E-state index >= 15 is 0 Å². The number of hydrogen-bond acceptors (Lipinski definition) is 3. The molecule has 0 aliphatic heterocycles. The maximum atomic E-state index is 12.3. The van der Waals surface area contributed by atoms with Crippen LogP contribution < -0.4 is 5.32 Å². The Morgan fingerprint density at radius 2 is 1.81 bits per heavy atom. The van der Waals surface area contributed by atoms with E-state index in [1.807, 2.05) is 13.0 Å². The molecule has 108 valence electrons. The molecule has 0 spiro atoms. The minimum atomic E-state index is -0.463. The van der Waals surface area contributed by atoms with Gasteiger partial charge in [-0.1, -0.05) is 28.1 Å². The Kier molecular flexibility index (Phi) is 4.37. The lowest BCUT2D eigenvalue weighted by molar-refractivity contribution is -0.385. The van der Waals surface area contributed by atoms with E-state index < -0.39 is 4.92 Å². The van der Waals surface area contributed by atoms with Crippen molar-refractivity contribution in [2.24, 2.45) is 0 Å². The van der Waals surface area contributed by atoms with E-state index in [2.05, 4.69) is 21.2 Å². The van der Waals surface area contributed by atoms with Gasteiger partial charge in [-0.25, -0.2) is 0 Å². The molecule has 0 saturated carbocycles. The molecule has 2 rings (SSSR count). The van der Waals surface area contributed by atoms with Crippen molar-refractivity contribution < 1.29 is 9.72 Å². The minimum absolute atomic E-state index is 0.0150. The van der Waals surface area contributed by atoms with Gasteiger partial charge in [-0.15, -0.1) is 0 Å². The van der Waals surface area contributed by atoms with E-state index in [-0.39, 0.29) is 11.6 Å². The third kappa shape index (κ3) is 3.11. The molecule has 0 radical (unpaired) electrons. The molecular formula is C15H13BrN2O3. The molecule has 1 N–H and O–H groups in total. The smallest absolute Gasteiger partial charge is 0.274 e. The SMILES string of the molecule is Cc1c(Br)cccc1C(=O)Nc1cccc([N+](=O)[O-])c1C. The van der Waals surface area contributed by atoms with E-state index in [1.165, 1.54) is 6.07 Å². The summed E-state index contributed by atoms with van der Waals surface area (Å²) < 4.78 is 0.839. The first-order chi connectivity index (χ1) is 9.91. The molecule has 5 nitrogen and oxygen atoms in total. The molecule has 0 saturated heterocycles. The van der Waals surface area contributed by atoms with E-state index in [0.717, 1.165) is 10.0 Å². The number of hydrogen-bond donors (Lipinski definition) is 1. The second kappa shape index (κ2) is 6.05. The van der Waals surface area contributed by atoms with E-state index in [0.29, 0.717) is 16.8 Å². The molecule has 0 aliphatic rings. The van der Waals surface area contributed by atoms with Crippen molar-refractivity contribution in [2.75, 3.05) is 5.32 Å². The van der Waals surface area contributed by atoms with Crippen molar-refractivity contribution in [3.63, 3.8) is 0 Å². The number of halogens is 1. The highest BCUT2D eigenvalue weighted by Crippen LogP contribution is 2.26.